The molecule has 1 N–H and O–H groups in total. The number of piperidine rings is 1. The van der Waals surface area contributed by atoms with E-state index in [1.54, 1.807) is 16.2 Å². The van der Waals surface area contributed by atoms with Gasteiger partial charge in [-0.1, -0.05) is 36.4 Å². The second-order valence-electron chi connectivity index (χ2n) is 5.65. The zero-order chi connectivity index (χ0) is 16.1. The molecular weight excluding hydrogens is 308 g/mol. The highest BCUT2D eigenvalue weighted by atomic mass is 32.1. The third kappa shape index (κ3) is 3.79. The number of nitrogens with one attached hydrogen (secondary N) is 1. The molecule has 3 rings (SSSR count). The lowest BCUT2D eigenvalue weighted by Gasteiger charge is -2.34. The molecular formula is C18H20N2O2S. The van der Waals surface area contributed by atoms with Crippen molar-refractivity contribution in [3.05, 3.63) is 58.3 Å². The second kappa shape index (κ2) is 7.42. The predicted octanol–water partition coefficient (Wildman–Crippen LogP) is 3.12. The topological polar surface area (TPSA) is 49.4 Å². The van der Waals surface area contributed by atoms with E-state index in [4.69, 9.17) is 0 Å². The Kier molecular flexibility index (Phi) is 5.08. The highest BCUT2D eigenvalue weighted by molar-refractivity contribution is 7.09. The monoisotopic (exact) mass is 328 g/mol. The molecule has 1 aliphatic rings. The maximum atomic E-state index is 12.8. The first-order valence-electron chi connectivity index (χ1n) is 7.90. The van der Waals surface area contributed by atoms with Gasteiger partial charge in [-0.25, -0.2) is 0 Å². The van der Waals surface area contributed by atoms with Crippen molar-refractivity contribution in [1.29, 1.82) is 0 Å². The van der Waals surface area contributed by atoms with Gasteiger partial charge in [0.1, 0.15) is 6.04 Å². The minimum atomic E-state index is -0.538. The zero-order valence-electron chi connectivity index (χ0n) is 12.9. The van der Waals surface area contributed by atoms with Gasteiger partial charge in [0.15, 0.2) is 0 Å². The summed E-state index contributed by atoms with van der Waals surface area (Å²) in [5.41, 5.74) is 0.867. The summed E-state index contributed by atoms with van der Waals surface area (Å²) in [5, 5.41) is 4.97. The largest absolute Gasteiger partial charge is 0.349 e. The smallest absolute Gasteiger partial charge is 0.247 e. The van der Waals surface area contributed by atoms with E-state index in [9.17, 15) is 9.59 Å². The van der Waals surface area contributed by atoms with E-state index in [-0.39, 0.29) is 11.8 Å². The number of hydrogen-bond acceptors (Lipinski definition) is 3. The number of carbonyl (C=O) groups is 2. The van der Waals surface area contributed by atoms with Crippen LogP contribution >= 0.6 is 11.3 Å². The van der Waals surface area contributed by atoms with Crippen LogP contribution in [0.5, 0.6) is 0 Å². The van der Waals surface area contributed by atoms with Crippen LogP contribution in [0, 0.1) is 0 Å². The van der Waals surface area contributed by atoms with Crippen LogP contribution in [-0.2, 0) is 16.1 Å². The Morgan fingerprint density at radius 3 is 2.70 bits per heavy atom. The van der Waals surface area contributed by atoms with Crippen LogP contribution < -0.4 is 5.32 Å². The van der Waals surface area contributed by atoms with Crippen LogP contribution in [0.1, 0.15) is 35.7 Å². The van der Waals surface area contributed by atoms with Gasteiger partial charge in [0.2, 0.25) is 11.8 Å². The summed E-state index contributed by atoms with van der Waals surface area (Å²) in [7, 11) is 0. The van der Waals surface area contributed by atoms with Crippen molar-refractivity contribution in [2.24, 2.45) is 0 Å². The lowest BCUT2D eigenvalue weighted by atomic mass is 10.0. The van der Waals surface area contributed by atoms with Crippen molar-refractivity contribution in [2.75, 3.05) is 6.54 Å². The Morgan fingerprint density at radius 1 is 1.17 bits per heavy atom. The molecule has 0 spiro atoms. The summed E-state index contributed by atoms with van der Waals surface area (Å²) in [4.78, 5) is 27.9. The van der Waals surface area contributed by atoms with Gasteiger partial charge in [-0.05, 0) is 29.9 Å². The van der Waals surface area contributed by atoms with E-state index in [0.29, 0.717) is 19.5 Å². The van der Waals surface area contributed by atoms with Crippen LogP contribution in [0.15, 0.2) is 47.8 Å². The highest BCUT2D eigenvalue weighted by Gasteiger charge is 2.32. The van der Waals surface area contributed by atoms with Gasteiger partial charge in [-0.2, -0.15) is 0 Å². The van der Waals surface area contributed by atoms with Crippen molar-refractivity contribution >= 4 is 23.2 Å². The SMILES string of the molecule is O=C(NCc1cccs1)[C@H](c1ccccc1)N1CCCCC1=O. The zero-order valence-corrected chi connectivity index (χ0v) is 13.7. The molecule has 1 atom stereocenters. The van der Waals surface area contributed by atoms with Gasteiger partial charge in [0, 0.05) is 17.8 Å². The molecule has 0 aliphatic carbocycles. The van der Waals surface area contributed by atoms with E-state index in [0.717, 1.165) is 23.3 Å². The van der Waals surface area contributed by atoms with Gasteiger partial charge < -0.3 is 10.2 Å². The molecule has 1 aromatic carbocycles. The lowest BCUT2D eigenvalue weighted by molar-refractivity contribution is -0.142. The van der Waals surface area contributed by atoms with Gasteiger partial charge in [0.25, 0.3) is 0 Å². The van der Waals surface area contributed by atoms with Gasteiger partial charge in [-0.15, -0.1) is 11.3 Å². The number of thiophene rings is 1. The van der Waals surface area contributed by atoms with E-state index < -0.39 is 6.04 Å². The molecule has 4 nitrogen and oxygen atoms in total. The lowest BCUT2D eigenvalue weighted by Crippen LogP contribution is -2.45. The predicted molar refractivity (Wildman–Crippen MR) is 90.9 cm³/mol. The first-order chi connectivity index (χ1) is 11.3. The average Bonchev–Trinajstić information content (AvgIpc) is 3.09. The molecule has 2 heterocycles. The molecule has 0 radical (unpaired) electrons. The maximum absolute atomic E-state index is 12.8. The van der Waals surface area contributed by atoms with E-state index in [2.05, 4.69) is 5.32 Å². The van der Waals surface area contributed by atoms with Crippen molar-refractivity contribution < 1.29 is 9.59 Å². The van der Waals surface area contributed by atoms with E-state index >= 15 is 0 Å². The first kappa shape index (κ1) is 15.7. The van der Waals surface area contributed by atoms with Crippen molar-refractivity contribution in [3.63, 3.8) is 0 Å². The molecule has 0 bridgehead atoms. The van der Waals surface area contributed by atoms with Gasteiger partial charge >= 0.3 is 0 Å². The van der Waals surface area contributed by atoms with Crippen molar-refractivity contribution in [3.8, 4) is 0 Å². The Balaban J connectivity index is 1.79. The summed E-state index contributed by atoms with van der Waals surface area (Å²) < 4.78 is 0. The Bertz CT molecular complexity index is 655. The number of nitrogens with zero attached hydrogens (tertiary/aromatic N) is 1. The molecule has 120 valence electrons. The molecule has 1 aromatic heterocycles. The van der Waals surface area contributed by atoms with Crippen LogP contribution in [0.4, 0.5) is 0 Å². The number of amides is 2. The van der Waals surface area contributed by atoms with Gasteiger partial charge in [-0.3, -0.25) is 9.59 Å². The summed E-state index contributed by atoms with van der Waals surface area (Å²) in [6.07, 6.45) is 2.39. The van der Waals surface area contributed by atoms with E-state index in [1.807, 2.05) is 47.8 Å². The Hall–Kier alpha value is -2.14. The molecule has 2 aromatic rings. The van der Waals surface area contributed by atoms with Crippen LogP contribution in [-0.4, -0.2) is 23.3 Å². The summed E-state index contributed by atoms with van der Waals surface area (Å²) in [6, 6.07) is 13.0. The van der Waals surface area contributed by atoms with Crippen LogP contribution in [0.3, 0.4) is 0 Å². The molecule has 23 heavy (non-hydrogen) atoms. The molecule has 1 aliphatic heterocycles. The Labute approximate surface area is 140 Å². The third-order valence-corrected chi connectivity index (χ3v) is 4.93. The fourth-order valence-electron chi connectivity index (χ4n) is 2.89. The molecule has 5 heteroatoms. The normalized spacial score (nSPS) is 16.2. The summed E-state index contributed by atoms with van der Waals surface area (Å²) >= 11 is 1.61. The first-order valence-corrected chi connectivity index (χ1v) is 8.78. The quantitative estimate of drug-likeness (QED) is 0.917. The minimum absolute atomic E-state index is 0.0661. The van der Waals surface area contributed by atoms with Gasteiger partial charge in [0.05, 0.1) is 6.54 Å². The second-order valence-corrected chi connectivity index (χ2v) is 6.69. The number of hydrogen-bond donors (Lipinski definition) is 1. The molecule has 2 amide bonds. The fourth-order valence-corrected chi connectivity index (χ4v) is 3.54. The molecule has 1 saturated heterocycles. The number of likely N-dealkylation sites (tertiary alicyclic amines) is 1. The maximum Gasteiger partial charge on any atom is 0.247 e. The average molecular weight is 328 g/mol. The number of benzene rings is 1. The standard InChI is InChI=1S/C18H20N2O2S/c21-16-10-4-5-11-20(16)17(14-7-2-1-3-8-14)18(22)19-13-15-9-6-12-23-15/h1-3,6-9,12,17H,4-5,10-11,13H2,(H,19,22)/t17-/m0/s1. The van der Waals surface area contributed by atoms with Crippen molar-refractivity contribution in [1.82, 2.24) is 10.2 Å². The highest BCUT2D eigenvalue weighted by Crippen LogP contribution is 2.26. The fraction of sp³-hybridized carbons (Fsp3) is 0.333. The number of carbonyl (C=O) groups excluding carboxylic acids is 2. The van der Waals surface area contributed by atoms with Crippen molar-refractivity contribution in [2.45, 2.75) is 31.8 Å². The molecule has 0 saturated carbocycles. The van der Waals surface area contributed by atoms with E-state index in [1.165, 1.54) is 0 Å². The third-order valence-electron chi connectivity index (χ3n) is 4.05. The number of rotatable bonds is 5. The summed E-state index contributed by atoms with van der Waals surface area (Å²) in [6.45, 7) is 1.15. The molecule has 1 fully saturated rings. The van der Waals surface area contributed by atoms with Crippen LogP contribution in [0.2, 0.25) is 0 Å². The minimum Gasteiger partial charge on any atom is -0.349 e. The molecule has 0 unspecified atom stereocenters. The Morgan fingerprint density at radius 2 is 2.00 bits per heavy atom. The summed E-state index contributed by atoms with van der Waals surface area (Å²) in [5.74, 6) is -0.0452. The van der Waals surface area contributed by atoms with Crippen LogP contribution in [0.25, 0.3) is 0 Å².